The summed E-state index contributed by atoms with van der Waals surface area (Å²) in [4.78, 5) is 40.9. The maximum Gasteiger partial charge on any atom is 0.279 e. The minimum absolute atomic E-state index is 0.00144. The molecule has 2 N–H and O–H groups in total. The molecule has 3 rings (SSSR count). The van der Waals surface area contributed by atoms with Gasteiger partial charge in [0, 0.05) is 19.9 Å². The van der Waals surface area contributed by atoms with E-state index in [1.54, 1.807) is 37.4 Å². The highest BCUT2D eigenvalue weighted by Gasteiger charge is 2.17. The van der Waals surface area contributed by atoms with Gasteiger partial charge < -0.3 is 4.74 Å². The molecule has 0 saturated heterocycles. The van der Waals surface area contributed by atoms with Gasteiger partial charge in [0.05, 0.1) is 10.9 Å². The third-order valence-corrected chi connectivity index (χ3v) is 4.49. The van der Waals surface area contributed by atoms with Crippen molar-refractivity contribution in [3.05, 3.63) is 70.5 Å². The van der Waals surface area contributed by atoms with E-state index in [0.29, 0.717) is 16.7 Å². The molecule has 0 unspecified atom stereocenters. The fourth-order valence-corrected chi connectivity index (χ4v) is 2.79. The Bertz CT molecular complexity index is 1150. The van der Waals surface area contributed by atoms with Gasteiger partial charge in [-0.1, -0.05) is 24.3 Å². The van der Waals surface area contributed by atoms with Gasteiger partial charge in [-0.2, -0.15) is 0 Å². The van der Waals surface area contributed by atoms with Gasteiger partial charge in [0.1, 0.15) is 5.82 Å². The van der Waals surface area contributed by atoms with Crippen LogP contribution < -0.4 is 21.1 Å². The molecule has 0 fully saturated rings. The lowest BCUT2D eigenvalue weighted by atomic mass is 10.2. The quantitative estimate of drug-likeness (QED) is 0.599. The molecular weight excluding hydrogens is 391 g/mol. The molecule has 156 valence electrons. The smallest absolute Gasteiger partial charge is 0.279 e. The number of benzene rings is 2. The Balaban J connectivity index is 1.53. The van der Waals surface area contributed by atoms with Gasteiger partial charge in [0.15, 0.2) is 17.7 Å². The van der Waals surface area contributed by atoms with Gasteiger partial charge in [-0.05, 0) is 31.2 Å². The number of hydrogen-bond donors (Lipinski definition) is 2. The van der Waals surface area contributed by atoms with Crippen LogP contribution >= 0.6 is 0 Å². The topological polar surface area (TPSA) is 102 Å². The molecule has 0 radical (unpaired) electrons. The van der Waals surface area contributed by atoms with Crippen molar-refractivity contribution in [3.63, 3.8) is 0 Å². The Morgan fingerprint density at radius 2 is 1.83 bits per heavy atom. The van der Waals surface area contributed by atoms with Crippen LogP contribution in [-0.2, 0) is 23.1 Å². The molecule has 1 heterocycles. The monoisotopic (exact) mass is 412 g/mol. The van der Waals surface area contributed by atoms with Crippen LogP contribution in [0.15, 0.2) is 53.3 Å². The number of nitrogens with zero attached hydrogens (tertiary/aromatic N) is 2. The summed E-state index contributed by atoms with van der Waals surface area (Å²) in [6.45, 7) is 1.43. The lowest BCUT2D eigenvalue weighted by molar-refractivity contribution is -0.132. The molecule has 0 aliphatic heterocycles. The summed E-state index contributed by atoms with van der Waals surface area (Å²) in [5, 5.41) is 0.504. The van der Waals surface area contributed by atoms with E-state index in [-0.39, 0.29) is 24.2 Å². The van der Waals surface area contributed by atoms with E-state index < -0.39 is 23.7 Å². The molecule has 8 nitrogen and oxygen atoms in total. The number of aromatic nitrogens is 2. The molecule has 0 spiro atoms. The fourth-order valence-electron chi connectivity index (χ4n) is 2.79. The first-order valence-corrected chi connectivity index (χ1v) is 9.31. The fraction of sp³-hybridized carbons (Fsp3) is 0.238. The average molecular weight is 412 g/mol. The molecule has 9 heteroatoms. The molecule has 0 saturated carbocycles. The second-order valence-corrected chi connectivity index (χ2v) is 6.64. The molecule has 0 aliphatic rings. The number of carbonyl (C=O) groups is 2. The maximum atomic E-state index is 13.6. The van der Waals surface area contributed by atoms with E-state index in [2.05, 4.69) is 15.8 Å². The zero-order chi connectivity index (χ0) is 21.7. The highest BCUT2D eigenvalue weighted by molar-refractivity contribution is 5.84. The van der Waals surface area contributed by atoms with E-state index in [9.17, 15) is 18.8 Å². The molecular formula is C21H21FN4O4. The average Bonchev–Trinajstić information content (AvgIpc) is 2.75. The summed E-state index contributed by atoms with van der Waals surface area (Å²) in [5.74, 6) is -1.30. The van der Waals surface area contributed by atoms with Gasteiger partial charge in [-0.25, -0.2) is 9.37 Å². The van der Waals surface area contributed by atoms with Crippen LogP contribution in [0.2, 0.25) is 0 Å². The summed E-state index contributed by atoms with van der Waals surface area (Å²) in [5.41, 5.74) is 4.88. The minimum atomic E-state index is -1.02. The van der Waals surface area contributed by atoms with Crippen molar-refractivity contribution in [2.75, 3.05) is 0 Å². The number of rotatable bonds is 6. The largest absolute Gasteiger partial charge is 0.478 e. The number of aryl methyl sites for hydroxylation is 1. The predicted octanol–water partition coefficient (Wildman–Crippen LogP) is 1.62. The molecule has 3 aromatic rings. The first-order valence-electron chi connectivity index (χ1n) is 9.31. The second kappa shape index (κ2) is 9.17. The molecule has 30 heavy (non-hydrogen) atoms. The van der Waals surface area contributed by atoms with Crippen LogP contribution in [0.4, 0.5) is 4.39 Å². The number of carbonyl (C=O) groups excluding carboxylic acids is 2. The van der Waals surface area contributed by atoms with Crippen LogP contribution in [0.3, 0.4) is 0 Å². The SMILES string of the molecule is C[C@@H](Oc1ccccc1F)C(=O)NNC(=O)CCc1nc2ccccc2c(=O)n1C. The summed E-state index contributed by atoms with van der Waals surface area (Å²) >= 11 is 0. The van der Waals surface area contributed by atoms with Gasteiger partial charge >= 0.3 is 0 Å². The zero-order valence-electron chi connectivity index (χ0n) is 16.5. The number of halogens is 1. The van der Waals surface area contributed by atoms with Crippen LogP contribution in [-0.4, -0.2) is 27.5 Å². The highest BCUT2D eigenvalue weighted by atomic mass is 19.1. The lowest BCUT2D eigenvalue weighted by Crippen LogP contribution is -2.47. The molecule has 2 amide bonds. The number of fused-ring (bicyclic) bond motifs is 1. The summed E-state index contributed by atoms with van der Waals surface area (Å²) in [6.07, 6.45) is -0.814. The number of hydrazine groups is 1. The van der Waals surface area contributed by atoms with Crippen LogP contribution in [0.25, 0.3) is 10.9 Å². The second-order valence-electron chi connectivity index (χ2n) is 6.64. The van der Waals surface area contributed by atoms with Crippen LogP contribution in [0, 0.1) is 5.82 Å². The first-order chi connectivity index (χ1) is 14.4. The number of nitrogens with one attached hydrogen (secondary N) is 2. The maximum absolute atomic E-state index is 13.6. The Hall–Kier alpha value is -3.75. The summed E-state index contributed by atoms with van der Waals surface area (Å²) in [6, 6.07) is 12.7. The summed E-state index contributed by atoms with van der Waals surface area (Å²) in [7, 11) is 1.60. The van der Waals surface area contributed by atoms with Crippen molar-refractivity contribution in [1.82, 2.24) is 20.4 Å². The normalized spacial score (nSPS) is 11.7. The van der Waals surface area contributed by atoms with Crippen molar-refractivity contribution in [2.24, 2.45) is 7.05 Å². The molecule has 0 bridgehead atoms. The first kappa shape index (κ1) is 21.0. The van der Waals surface area contributed by atoms with Crippen LogP contribution in [0.1, 0.15) is 19.2 Å². The zero-order valence-corrected chi connectivity index (χ0v) is 16.5. The van der Waals surface area contributed by atoms with E-state index >= 15 is 0 Å². The van der Waals surface area contributed by atoms with Crippen molar-refractivity contribution >= 4 is 22.7 Å². The Morgan fingerprint density at radius 1 is 1.13 bits per heavy atom. The molecule has 2 aromatic carbocycles. The number of ether oxygens (including phenoxy) is 1. The van der Waals surface area contributed by atoms with E-state index in [4.69, 9.17) is 4.74 Å². The van der Waals surface area contributed by atoms with Crippen LogP contribution in [0.5, 0.6) is 5.75 Å². The van der Waals surface area contributed by atoms with Crippen molar-refractivity contribution in [2.45, 2.75) is 25.9 Å². The third kappa shape index (κ3) is 4.80. The van der Waals surface area contributed by atoms with Gasteiger partial charge in [0.25, 0.3) is 11.5 Å². The predicted molar refractivity (Wildman–Crippen MR) is 108 cm³/mol. The van der Waals surface area contributed by atoms with Crippen molar-refractivity contribution in [1.29, 1.82) is 0 Å². The Labute approximate surface area is 171 Å². The van der Waals surface area contributed by atoms with E-state index in [1.165, 1.54) is 29.7 Å². The highest BCUT2D eigenvalue weighted by Crippen LogP contribution is 2.16. The van der Waals surface area contributed by atoms with Crippen molar-refractivity contribution < 1.29 is 18.7 Å². The standard InChI is InChI=1S/C21H21FN4O4/c1-13(30-17-10-6-4-8-15(17)22)20(28)25-24-19(27)12-11-18-23-16-9-5-3-7-14(16)21(29)26(18)2/h3-10,13H,11-12H2,1-2H3,(H,24,27)(H,25,28)/t13-/m1/s1. The molecule has 0 aliphatic carbocycles. The van der Waals surface area contributed by atoms with Gasteiger partial charge in [-0.3, -0.25) is 29.8 Å². The Morgan fingerprint density at radius 3 is 2.60 bits per heavy atom. The summed E-state index contributed by atoms with van der Waals surface area (Å²) < 4.78 is 20.2. The lowest BCUT2D eigenvalue weighted by Gasteiger charge is -2.15. The number of para-hydroxylation sites is 2. The van der Waals surface area contributed by atoms with E-state index in [0.717, 1.165) is 0 Å². The molecule has 1 atom stereocenters. The van der Waals surface area contributed by atoms with Gasteiger partial charge in [0.2, 0.25) is 5.91 Å². The Kier molecular flexibility index (Phi) is 6.41. The third-order valence-electron chi connectivity index (χ3n) is 4.49. The number of hydrogen-bond acceptors (Lipinski definition) is 5. The van der Waals surface area contributed by atoms with Gasteiger partial charge in [-0.15, -0.1) is 0 Å². The van der Waals surface area contributed by atoms with E-state index in [1.807, 2.05) is 0 Å². The minimum Gasteiger partial charge on any atom is -0.478 e. The van der Waals surface area contributed by atoms with Crippen molar-refractivity contribution in [3.8, 4) is 5.75 Å². The molecule has 1 aromatic heterocycles. The number of amides is 2.